The summed E-state index contributed by atoms with van der Waals surface area (Å²) in [6.07, 6.45) is 1.62. The van der Waals surface area contributed by atoms with Crippen LogP contribution < -0.4 is 15.8 Å². The third kappa shape index (κ3) is 4.31. The number of benzene rings is 3. The molecule has 0 unspecified atom stereocenters. The highest BCUT2D eigenvalue weighted by Crippen LogP contribution is 2.26. The number of carbonyl (C=O) groups excluding carboxylic acids is 2. The summed E-state index contributed by atoms with van der Waals surface area (Å²) >= 11 is 6.16. The van der Waals surface area contributed by atoms with Gasteiger partial charge in [-0.15, -0.1) is 0 Å². The maximum Gasteiger partial charge on any atom is 0.259 e. The van der Waals surface area contributed by atoms with E-state index in [0.29, 0.717) is 16.8 Å². The summed E-state index contributed by atoms with van der Waals surface area (Å²) in [7, 11) is 1.52. The summed E-state index contributed by atoms with van der Waals surface area (Å²) in [5.41, 5.74) is 8.48. The fraction of sp³-hybridized carbons (Fsp3) is 0.0435. The molecule has 1 aromatic heterocycles. The van der Waals surface area contributed by atoms with Gasteiger partial charge < -0.3 is 10.5 Å². The minimum absolute atomic E-state index is 0.160. The van der Waals surface area contributed by atoms with Gasteiger partial charge in [0.2, 0.25) is 11.9 Å². The first-order valence-corrected chi connectivity index (χ1v) is 9.64. The zero-order valence-electron chi connectivity index (χ0n) is 16.4. The molecule has 4 rings (SSSR count). The summed E-state index contributed by atoms with van der Waals surface area (Å²) in [5, 5.41) is 3.70. The highest BCUT2D eigenvalue weighted by molar-refractivity contribution is 6.34. The number of nitrogens with one attached hydrogen (secondary N) is 1. The van der Waals surface area contributed by atoms with E-state index in [1.54, 1.807) is 42.6 Å². The number of aromatic nitrogens is 2. The summed E-state index contributed by atoms with van der Waals surface area (Å²) in [6, 6.07) is 17.5. The molecular weight excluding hydrogens is 416 g/mol. The largest absolute Gasteiger partial charge is 0.497 e. The molecule has 8 heteroatoms. The van der Waals surface area contributed by atoms with E-state index in [-0.39, 0.29) is 16.5 Å². The van der Waals surface area contributed by atoms with Crippen LogP contribution in [0.1, 0.15) is 20.7 Å². The van der Waals surface area contributed by atoms with Crippen LogP contribution in [0.5, 0.6) is 5.75 Å². The zero-order valence-corrected chi connectivity index (χ0v) is 17.2. The van der Waals surface area contributed by atoms with E-state index in [9.17, 15) is 9.59 Å². The van der Waals surface area contributed by atoms with Gasteiger partial charge >= 0.3 is 0 Å². The van der Waals surface area contributed by atoms with Crippen LogP contribution in [0, 0.1) is 0 Å². The molecule has 0 aliphatic heterocycles. The van der Waals surface area contributed by atoms with E-state index >= 15 is 0 Å². The quantitative estimate of drug-likeness (QED) is 0.488. The Kier molecular flexibility index (Phi) is 5.51. The molecule has 0 atom stereocenters. The van der Waals surface area contributed by atoms with Gasteiger partial charge in [0.25, 0.3) is 5.91 Å². The number of amides is 2. The SMILES string of the molecule is COc1ccc(C(=O)Nc2ncc3cc(-c4cccc(C(N)=O)c4)ccc3n2)c(Cl)c1. The van der Waals surface area contributed by atoms with Crippen LogP contribution in [-0.4, -0.2) is 28.9 Å². The number of primary amides is 1. The van der Waals surface area contributed by atoms with E-state index in [0.717, 1.165) is 16.5 Å². The second-order valence-electron chi connectivity index (χ2n) is 6.71. The Hall–Kier alpha value is -3.97. The molecule has 4 aromatic rings. The number of methoxy groups -OCH3 is 1. The maximum absolute atomic E-state index is 12.5. The summed E-state index contributed by atoms with van der Waals surface area (Å²) in [6.45, 7) is 0. The van der Waals surface area contributed by atoms with Crippen LogP contribution in [0.15, 0.2) is 66.9 Å². The predicted octanol–water partition coefficient (Wildman–Crippen LogP) is 4.31. The molecule has 0 aliphatic carbocycles. The molecule has 0 spiro atoms. The van der Waals surface area contributed by atoms with Crippen molar-refractivity contribution in [2.75, 3.05) is 12.4 Å². The Bertz CT molecular complexity index is 1320. The van der Waals surface area contributed by atoms with Crippen molar-refractivity contribution in [1.82, 2.24) is 9.97 Å². The van der Waals surface area contributed by atoms with Crippen molar-refractivity contribution in [2.24, 2.45) is 5.73 Å². The lowest BCUT2D eigenvalue weighted by Gasteiger charge is -2.09. The Labute approximate surface area is 182 Å². The molecule has 0 aliphatic rings. The van der Waals surface area contributed by atoms with Crippen LogP contribution in [-0.2, 0) is 0 Å². The Morgan fingerprint density at radius 2 is 1.84 bits per heavy atom. The highest BCUT2D eigenvalue weighted by Gasteiger charge is 2.13. The van der Waals surface area contributed by atoms with Gasteiger partial charge in [0.15, 0.2) is 0 Å². The number of rotatable bonds is 5. The van der Waals surface area contributed by atoms with Crippen molar-refractivity contribution < 1.29 is 14.3 Å². The Balaban J connectivity index is 1.59. The molecule has 0 bridgehead atoms. The first-order chi connectivity index (χ1) is 14.9. The molecule has 0 fully saturated rings. The van der Waals surface area contributed by atoms with Crippen molar-refractivity contribution in [3.8, 4) is 16.9 Å². The van der Waals surface area contributed by atoms with Crippen LogP contribution in [0.4, 0.5) is 5.95 Å². The third-order valence-electron chi connectivity index (χ3n) is 4.71. The van der Waals surface area contributed by atoms with Gasteiger partial charge in [-0.25, -0.2) is 9.97 Å². The number of hydrogen-bond donors (Lipinski definition) is 2. The second-order valence-corrected chi connectivity index (χ2v) is 7.12. The van der Waals surface area contributed by atoms with Gasteiger partial charge in [-0.3, -0.25) is 14.9 Å². The molecule has 154 valence electrons. The summed E-state index contributed by atoms with van der Waals surface area (Å²) in [4.78, 5) is 32.6. The van der Waals surface area contributed by atoms with Crippen LogP contribution >= 0.6 is 11.6 Å². The van der Waals surface area contributed by atoms with E-state index in [2.05, 4.69) is 15.3 Å². The number of nitrogens with zero attached hydrogens (tertiary/aromatic N) is 2. The average molecular weight is 433 g/mol. The number of anilines is 1. The molecule has 31 heavy (non-hydrogen) atoms. The maximum atomic E-state index is 12.5. The van der Waals surface area contributed by atoms with E-state index in [1.165, 1.54) is 7.11 Å². The average Bonchev–Trinajstić information content (AvgIpc) is 2.78. The standard InChI is InChI=1S/C23H17ClN4O3/c1-31-17-6-7-18(19(24)11-17)22(30)28-23-26-12-16-10-14(5-8-20(16)27-23)13-3-2-4-15(9-13)21(25)29/h2-12H,1H3,(H2,25,29)(H,26,27,28,30). The van der Waals surface area contributed by atoms with Gasteiger partial charge in [0.05, 0.1) is 23.2 Å². The van der Waals surface area contributed by atoms with Gasteiger partial charge in [-0.2, -0.15) is 0 Å². The molecule has 0 saturated heterocycles. The second kappa shape index (κ2) is 8.41. The predicted molar refractivity (Wildman–Crippen MR) is 119 cm³/mol. The molecule has 3 aromatic carbocycles. The van der Waals surface area contributed by atoms with E-state index in [1.807, 2.05) is 24.3 Å². The van der Waals surface area contributed by atoms with Gasteiger partial charge in [-0.05, 0) is 53.6 Å². The lowest BCUT2D eigenvalue weighted by Crippen LogP contribution is -2.14. The van der Waals surface area contributed by atoms with E-state index in [4.69, 9.17) is 22.1 Å². The molecule has 2 amide bonds. The lowest BCUT2D eigenvalue weighted by atomic mass is 10.0. The highest BCUT2D eigenvalue weighted by atomic mass is 35.5. The molecule has 3 N–H and O–H groups in total. The molecule has 0 radical (unpaired) electrons. The minimum atomic E-state index is -0.483. The first kappa shape index (κ1) is 20.3. The van der Waals surface area contributed by atoms with Crippen molar-refractivity contribution >= 4 is 40.3 Å². The number of carbonyl (C=O) groups is 2. The first-order valence-electron chi connectivity index (χ1n) is 9.26. The number of ether oxygens (including phenoxy) is 1. The van der Waals surface area contributed by atoms with Crippen molar-refractivity contribution in [1.29, 1.82) is 0 Å². The monoisotopic (exact) mass is 432 g/mol. The van der Waals surface area contributed by atoms with E-state index < -0.39 is 11.8 Å². The molecule has 7 nitrogen and oxygen atoms in total. The van der Waals surface area contributed by atoms with Gasteiger partial charge in [0, 0.05) is 17.1 Å². The molecular formula is C23H17ClN4O3. The van der Waals surface area contributed by atoms with Crippen LogP contribution in [0.2, 0.25) is 5.02 Å². The fourth-order valence-corrected chi connectivity index (χ4v) is 3.36. The smallest absolute Gasteiger partial charge is 0.259 e. The number of fused-ring (bicyclic) bond motifs is 1. The lowest BCUT2D eigenvalue weighted by molar-refractivity contribution is 0.0997. The number of hydrogen-bond acceptors (Lipinski definition) is 5. The van der Waals surface area contributed by atoms with Crippen LogP contribution in [0.3, 0.4) is 0 Å². The normalized spacial score (nSPS) is 10.6. The van der Waals surface area contributed by atoms with Gasteiger partial charge in [-0.1, -0.05) is 29.8 Å². The fourth-order valence-electron chi connectivity index (χ4n) is 3.10. The minimum Gasteiger partial charge on any atom is -0.497 e. The third-order valence-corrected chi connectivity index (χ3v) is 5.02. The zero-order chi connectivity index (χ0) is 22.0. The molecule has 0 saturated carbocycles. The number of nitrogens with two attached hydrogens (primary N) is 1. The van der Waals surface area contributed by atoms with Gasteiger partial charge in [0.1, 0.15) is 5.75 Å². The van der Waals surface area contributed by atoms with Crippen molar-refractivity contribution in [3.63, 3.8) is 0 Å². The Morgan fingerprint density at radius 1 is 1.03 bits per heavy atom. The van der Waals surface area contributed by atoms with Crippen molar-refractivity contribution in [3.05, 3.63) is 83.0 Å². The molecule has 1 heterocycles. The number of halogens is 1. The van der Waals surface area contributed by atoms with Crippen molar-refractivity contribution in [2.45, 2.75) is 0 Å². The Morgan fingerprint density at radius 3 is 2.58 bits per heavy atom. The topological polar surface area (TPSA) is 107 Å². The summed E-state index contributed by atoms with van der Waals surface area (Å²) < 4.78 is 5.09. The van der Waals surface area contributed by atoms with Crippen LogP contribution in [0.25, 0.3) is 22.0 Å². The summed E-state index contributed by atoms with van der Waals surface area (Å²) in [5.74, 6) is -0.191.